The molecule has 0 amide bonds. The van der Waals surface area contributed by atoms with Gasteiger partial charge in [-0.15, -0.1) is 0 Å². The van der Waals surface area contributed by atoms with E-state index in [1.54, 1.807) is 0 Å². The first-order chi connectivity index (χ1) is 5.83. The summed E-state index contributed by atoms with van der Waals surface area (Å²) < 4.78 is 0. The second-order valence-electron chi connectivity index (χ2n) is 5.11. The van der Waals surface area contributed by atoms with E-state index in [-0.39, 0.29) is 10.8 Å². The Hall–Kier alpha value is -0.590. The van der Waals surface area contributed by atoms with Crippen LogP contribution in [0, 0.1) is 10.8 Å². The third-order valence-electron chi connectivity index (χ3n) is 3.80. The molecule has 0 aromatic carbocycles. The van der Waals surface area contributed by atoms with Gasteiger partial charge >= 0.3 is 0 Å². The van der Waals surface area contributed by atoms with Crippen molar-refractivity contribution in [1.82, 2.24) is 0 Å². The molecule has 1 aliphatic carbocycles. The second-order valence-corrected chi connectivity index (χ2v) is 5.11. The molecular formula is C12H20O. The molecule has 0 radical (unpaired) electrons. The number of allylic oxidation sites excluding steroid dienone is 2. The molecule has 0 spiro atoms. The highest BCUT2D eigenvalue weighted by molar-refractivity contribution is 5.97. The smallest absolute Gasteiger partial charge is 0.158 e. The molecule has 74 valence electrons. The quantitative estimate of drug-likeness (QED) is 0.637. The summed E-state index contributed by atoms with van der Waals surface area (Å²) in [5.74, 6) is 0.315. The number of rotatable bonds is 2. The molecule has 0 fully saturated rings. The molecule has 1 nitrogen and oxygen atoms in total. The fraction of sp³-hybridized carbons (Fsp3) is 0.750. The van der Waals surface area contributed by atoms with Gasteiger partial charge in [-0.1, -0.05) is 40.7 Å². The highest BCUT2D eigenvalue weighted by Gasteiger charge is 2.45. The highest BCUT2D eigenvalue weighted by atomic mass is 16.1. The Morgan fingerprint density at radius 3 is 2.23 bits per heavy atom. The molecule has 0 saturated carbocycles. The fourth-order valence-electron chi connectivity index (χ4n) is 1.88. The van der Waals surface area contributed by atoms with Crippen LogP contribution in [0.4, 0.5) is 0 Å². The van der Waals surface area contributed by atoms with Gasteiger partial charge in [0, 0.05) is 6.42 Å². The number of carbonyl (C=O) groups excluding carboxylic acids is 1. The molecule has 0 aliphatic heterocycles. The fourth-order valence-corrected chi connectivity index (χ4v) is 1.88. The van der Waals surface area contributed by atoms with Gasteiger partial charge in [-0.3, -0.25) is 4.79 Å². The van der Waals surface area contributed by atoms with Crippen molar-refractivity contribution in [2.45, 2.75) is 47.5 Å². The third-order valence-corrected chi connectivity index (χ3v) is 3.80. The van der Waals surface area contributed by atoms with E-state index in [9.17, 15) is 4.79 Å². The first-order valence-electron chi connectivity index (χ1n) is 5.07. The molecule has 0 saturated heterocycles. The van der Waals surface area contributed by atoms with Crippen LogP contribution in [0.25, 0.3) is 0 Å². The summed E-state index contributed by atoms with van der Waals surface area (Å²) >= 11 is 0. The molecule has 0 aromatic heterocycles. The molecule has 0 heterocycles. The number of Topliss-reactive ketones (excluding diaryl/α,β-unsaturated/α-hetero) is 1. The second kappa shape index (κ2) is 2.97. The van der Waals surface area contributed by atoms with Gasteiger partial charge in [0.15, 0.2) is 5.78 Å². The Kier molecular flexibility index (Phi) is 2.40. The summed E-state index contributed by atoms with van der Waals surface area (Å²) in [6.45, 7) is 10.8. The zero-order chi connectivity index (χ0) is 10.3. The van der Waals surface area contributed by atoms with Crippen molar-refractivity contribution < 1.29 is 4.79 Å². The van der Waals surface area contributed by atoms with Crippen LogP contribution < -0.4 is 0 Å². The van der Waals surface area contributed by atoms with Gasteiger partial charge in [0.1, 0.15) is 0 Å². The SMILES string of the molecule is CCC(=O)C1=CCC(C)(C)C1(C)C. The molecule has 0 aromatic rings. The molecule has 0 atom stereocenters. The Labute approximate surface area is 81.2 Å². The van der Waals surface area contributed by atoms with E-state index >= 15 is 0 Å². The van der Waals surface area contributed by atoms with Crippen molar-refractivity contribution in [3.05, 3.63) is 11.6 Å². The Bertz CT molecular complexity index is 256. The maximum Gasteiger partial charge on any atom is 0.158 e. The lowest BCUT2D eigenvalue weighted by Gasteiger charge is -2.37. The topological polar surface area (TPSA) is 17.1 Å². The lowest BCUT2D eigenvalue weighted by Crippen LogP contribution is -2.31. The van der Waals surface area contributed by atoms with Crippen molar-refractivity contribution >= 4 is 5.78 Å². The molecule has 1 aliphatic rings. The van der Waals surface area contributed by atoms with Crippen molar-refractivity contribution in [1.29, 1.82) is 0 Å². The number of carbonyl (C=O) groups is 1. The van der Waals surface area contributed by atoms with Gasteiger partial charge in [-0.25, -0.2) is 0 Å². The van der Waals surface area contributed by atoms with Crippen molar-refractivity contribution in [2.75, 3.05) is 0 Å². The summed E-state index contributed by atoms with van der Waals surface area (Å²) in [5, 5.41) is 0. The summed E-state index contributed by atoms with van der Waals surface area (Å²) in [6, 6.07) is 0. The maximum atomic E-state index is 11.6. The number of hydrogen-bond acceptors (Lipinski definition) is 1. The summed E-state index contributed by atoms with van der Waals surface area (Å²) in [7, 11) is 0. The first-order valence-corrected chi connectivity index (χ1v) is 5.07. The lowest BCUT2D eigenvalue weighted by molar-refractivity contribution is -0.116. The Morgan fingerprint density at radius 2 is 1.92 bits per heavy atom. The van der Waals surface area contributed by atoms with E-state index in [2.05, 4.69) is 33.8 Å². The largest absolute Gasteiger partial charge is 0.295 e. The highest BCUT2D eigenvalue weighted by Crippen LogP contribution is 2.52. The normalized spacial score (nSPS) is 24.2. The van der Waals surface area contributed by atoms with Crippen LogP contribution in [0.3, 0.4) is 0 Å². The summed E-state index contributed by atoms with van der Waals surface area (Å²) in [4.78, 5) is 11.6. The number of hydrogen-bond donors (Lipinski definition) is 0. The van der Waals surface area contributed by atoms with Crippen LogP contribution in [-0.4, -0.2) is 5.78 Å². The van der Waals surface area contributed by atoms with Crippen molar-refractivity contribution in [2.24, 2.45) is 10.8 Å². The van der Waals surface area contributed by atoms with Crippen LogP contribution >= 0.6 is 0 Å². The van der Waals surface area contributed by atoms with Crippen LogP contribution in [0.1, 0.15) is 47.5 Å². The minimum Gasteiger partial charge on any atom is -0.295 e. The Balaban J connectivity index is 2.99. The average Bonchev–Trinajstić information content (AvgIpc) is 2.22. The van der Waals surface area contributed by atoms with E-state index in [1.165, 1.54) is 0 Å². The first kappa shape index (κ1) is 10.5. The number of ketones is 1. The monoisotopic (exact) mass is 180 g/mol. The molecule has 0 N–H and O–H groups in total. The third kappa shape index (κ3) is 1.45. The van der Waals surface area contributed by atoms with E-state index in [0.717, 1.165) is 12.0 Å². The lowest BCUT2D eigenvalue weighted by atomic mass is 9.66. The van der Waals surface area contributed by atoms with Crippen molar-refractivity contribution in [3.8, 4) is 0 Å². The molecule has 1 rings (SSSR count). The van der Waals surface area contributed by atoms with Crippen LogP contribution in [0.2, 0.25) is 0 Å². The van der Waals surface area contributed by atoms with E-state index in [1.807, 2.05) is 6.92 Å². The summed E-state index contributed by atoms with van der Waals surface area (Å²) in [5.41, 5.74) is 1.31. The zero-order valence-electron chi connectivity index (χ0n) is 9.40. The zero-order valence-corrected chi connectivity index (χ0v) is 9.40. The van der Waals surface area contributed by atoms with Crippen LogP contribution in [0.5, 0.6) is 0 Å². The molecular weight excluding hydrogens is 160 g/mol. The van der Waals surface area contributed by atoms with E-state index in [0.29, 0.717) is 12.2 Å². The summed E-state index contributed by atoms with van der Waals surface area (Å²) in [6.07, 6.45) is 3.79. The minimum absolute atomic E-state index is 0.0418. The predicted octanol–water partition coefficient (Wildman–Crippen LogP) is 3.35. The van der Waals surface area contributed by atoms with Gasteiger partial charge < -0.3 is 0 Å². The average molecular weight is 180 g/mol. The van der Waals surface area contributed by atoms with Gasteiger partial charge in [0.05, 0.1) is 0 Å². The molecule has 1 heteroatoms. The van der Waals surface area contributed by atoms with E-state index in [4.69, 9.17) is 0 Å². The van der Waals surface area contributed by atoms with Gasteiger partial charge in [-0.05, 0) is 22.8 Å². The van der Waals surface area contributed by atoms with Crippen LogP contribution in [-0.2, 0) is 4.79 Å². The van der Waals surface area contributed by atoms with Gasteiger partial charge in [-0.2, -0.15) is 0 Å². The minimum atomic E-state index is 0.0418. The standard InChI is InChI=1S/C12H20O/c1-6-10(13)9-7-8-11(2,3)12(9,4)5/h7H,6,8H2,1-5H3. The van der Waals surface area contributed by atoms with Gasteiger partial charge in [0.2, 0.25) is 0 Å². The molecule has 0 bridgehead atoms. The Morgan fingerprint density at radius 1 is 1.38 bits per heavy atom. The maximum absolute atomic E-state index is 11.6. The van der Waals surface area contributed by atoms with Gasteiger partial charge in [0.25, 0.3) is 0 Å². The molecule has 13 heavy (non-hydrogen) atoms. The van der Waals surface area contributed by atoms with Crippen molar-refractivity contribution in [3.63, 3.8) is 0 Å². The predicted molar refractivity (Wildman–Crippen MR) is 55.6 cm³/mol. The van der Waals surface area contributed by atoms with Crippen LogP contribution in [0.15, 0.2) is 11.6 Å². The molecule has 0 unspecified atom stereocenters. The van der Waals surface area contributed by atoms with E-state index < -0.39 is 0 Å².